The highest BCUT2D eigenvalue weighted by molar-refractivity contribution is 6.62. The summed E-state index contributed by atoms with van der Waals surface area (Å²) in [6.07, 6.45) is 0. The van der Waals surface area contributed by atoms with Crippen LogP contribution in [0, 0.1) is 6.92 Å². The first-order valence-electron chi connectivity index (χ1n) is 7.41. The maximum atomic E-state index is 6.08. The number of benzene rings is 1. The molecule has 0 spiro atoms. The van der Waals surface area contributed by atoms with Crippen molar-refractivity contribution in [1.29, 1.82) is 0 Å². The van der Waals surface area contributed by atoms with Gasteiger partial charge in [0.05, 0.1) is 11.2 Å². The molecule has 0 bridgehead atoms. The van der Waals surface area contributed by atoms with Gasteiger partial charge >= 0.3 is 7.12 Å². The number of nitrogens with one attached hydrogen (secondary N) is 1. The molecule has 1 fully saturated rings. The minimum atomic E-state index is -0.292. The van der Waals surface area contributed by atoms with Crippen LogP contribution in [0.3, 0.4) is 0 Å². The third-order valence-corrected chi connectivity index (χ3v) is 4.15. The monoisotopic (exact) mass is 277 g/mol. The van der Waals surface area contributed by atoms with Gasteiger partial charge in [-0.15, -0.1) is 0 Å². The van der Waals surface area contributed by atoms with Crippen LogP contribution in [0.15, 0.2) is 18.2 Å². The SMILES string of the molecule is CC.CNc1cccc(B2OC(C)(C)C(C)(C)O2)c1C. The Kier molecular flexibility index (Phi) is 5.28. The maximum Gasteiger partial charge on any atom is 0.495 e. The Morgan fingerprint density at radius 1 is 1.00 bits per heavy atom. The topological polar surface area (TPSA) is 30.5 Å². The Morgan fingerprint density at radius 3 is 1.95 bits per heavy atom. The predicted octanol–water partition coefficient (Wildman–Crippen LogP) is 3.36. The lowest BCUT2D eigenvalue weighted by Crippen LogP contribution is -2.41. The molecule has 1 saturated heterocycles. The highest BCUT2D eigenvalue weighted by Crippen LogP contribution is 2.36. The van der Waals surface area contributed by atoms with Gasteiger partial charge in [-0.1, -0.05) is 26.0 Å². The van der Waals surface area contributed by atoms with Crippen LogP contribution in [0.2, 0.25) is 0 Å². The van der Waals surface area contributed by atoms with Crippen molar-refractivity contribution in [1.82, 2.24) is 0 Å². The molecule has 0 aromatic heterocycles. The molecule has 0 aliphatic carbocycles. The molecule has 2 rings (SSSR count). The van der Waals surface area contributed by atoms with Crippen LogP contribution in [0.25, 0.3) is 0 Å². The molecule has 0 amide bonds. The first kappa shape index (κ1) is 17.1. The lowest BCUT2D eigenvalue weighted by Gasteiger charge is -2.32. The Labute approximate surface area is 124 Å². The molecular weight excluding hydrogens is 249 g/mol. The van der Waals surface area contributed by atoms with E-state index in [4.69, 9.17) is 9.31 Å². The van der Waals surface area contributed by atoms with Gasteiger partial charge in [0.1, 0.15) is 0 Å². The third kappa shape index (κ3) is 3.02. The van der Waals surface area contributed by atoms with E-state index in [0.29, 0.717) is 0 Å². The average molecular weight is 277 g/mol. The van der Waals surface area contributed by atoms with Crippen molar-refractivity contribution in [2.75, 3.05) is 12.4 Å². The van der Waals surface area contributed by atoms with Gasteiger partial charge in [-0.05, 0) is 51.7 Å². The van der Waals surface area contributed by atoms with E-state index in [2.05, 4.69) is 52.1 Å². The van der Waals surface area contributed by atoms with Crippen LogP contribution in [0.5, 0.6) is 0 Å². The molecule has 1 heterocycles. The molecule has 0 unspecified atom stereocenters. The van der Waals surface area contributed by atoms with Gasteiger partial charge in [-0.2, -0.15) is 0 Å². The lowest BCUT2D eigenvalue weighted by molar-refractivity contribution is 0.00578. The summed E-state index contributed by atoms with van der Waals surface area (Å²) in [5.74, 6) is 0. The molecule has 3 nitrogen and oxygen atoms in total. The number of rotatable bonds is 2. The number of hydrogen-bond donors (Lipinski definition) is 1. The summed E-state index contributed by atoms with van der Waals surface area (Å²) in [7, 11) is 1.64. The Morgan fingerprint density at radius 2 is 1.50 bits per heavy atom. The van der Waals surface area contributed by atoms with Crippen LogP contribution in [0.4, 0.5) is 5.69 Å². The second kappa shape index (κ2) is 6.19. The quantitative estimate of drug-likeness (QED) is 0.841. The normalized spacial score (nSPS) is 19.3. The van der Waals surface area contributed by atoms with Crippen molar-refractivity contribution in [2.45, 2.75) is 59.7 Å². The molecule has 1 aliphatic rings. The van der Waals surface area contributed by atoms with E-state index in [1.165, 1.54) is 5.56 Å². The van der Waals surface area contributed by atoms with E-state index in [1.807, 2.05) is 27.0 Å². The van der Waals surface area contributed by atoms with Crippen molar-refractivity contribution in [3.8, 4) is 0 Å². The highest BCUT2D eigenvalue weighted by atomic mass is 16.7. The van der Waals surface area contributed by atoms with Crippen LogP contribution < -0.4 is 10.8 Å². The molecule has 1 aromatic rings. The van der Waals surface area contributed by atoms with Crippen LogP contribution in [0.1, 0.15) is 47.1 Å². The standard InChI is InChI=1S/C14H22BNO2.C2H6/c1-10-11(8-7-9-12(10)16-6)15-17-13(2,3)14(4,5)18-15;1-2/h7-9,16H,1-6H3;1-2H3. The summed E-state index contributed by atoms with van der Waals surface area (Å²) in [6.45, 7) is 14.4. The van der Waals surface area contributed by atoms with E-state index in [-0.39, 0.29) is 18.3 Å². The zero-order valence-corrected chi connectivity index (χ0v) is 14.1. The fraction of sp³-hybridized carbons (Fsp3) is 0.625. The maximum absolute atomic E-state index is 6.08. The average Bonchev–Trinajstić information content (AvgIpc) is 2.61. The Bertz CT molecular complexity index is 442. The molecule has 20 heavy (non-hydrogen) atoms. The second-order valence-corrected chi connectivity index (χ2v) is 5.86. The van der Waals surface area contributed by atoms with Crippen molar-refractivity contribution < 1.29 is 9.31 Å². The number of anilines is 1. The van der Waals surface area contributed by atoms with E-state index in [9.17, 15) is 0 Å². The Balaban J connectivity index is 0.000000956. The van der Waals surface area contributed by atoms with E-state index in [1.54, 1.807) is 0 Å². The first-order chi connectivity index (χ1) is 9.28. The fourth-order valence-electron chi connectivity index (χ4n) is 2.15. The molecule has 0 saturated carbocycles. The highest BCUT2D eigenvalue weighted by Gasteiger charge is 2.52. The van der Waals surface area contributed by atoms with Crippen molar-refractivity contribution in [3.63, 3.8) is 0 Å². The van der Waals surface area contributed by atoms with Gasteiger partial charge in [-0.3, -0.25) is 0 Å². The summed E-state index contributed by atoms with van der Waals surface area (Å²) in [6, 6.07) is 6.15. The van der Waals surface area contributed by atoms with Gasteiger partial charge in [-0.25, -0.2) is 0 Å². The lowest BCUT2D eigenvalue weighted by atomic mass is 9.76. The zero-order valence-electron chi connectivity index (χ0n) is 14.1. The molecule has 0 radical (unpaired) electrons. The van der Waals surface area contributed by atoms with Crippen molar-refractivity contribution in [2.24, 2.45) is 0 Å². The van der Waals surface area contributed by atoms with Gasteiger partial charge < -0.3 is 14.6 Å². The van der Waals surface area contributed by atoms with Crippen LogP contribution in [-0.2, 0) is 9.31 Å². The van der Waals surface area contributed by atoms with E-state index in [0.717, 1.165) is 11.2 Å². The molecule has 112 valence electrons. The van der Waals surface area contributed by atoms with Crippen molar-refractivity contribution in [3.05, 3.63) is 23.8 Å². The summed E-state index contributed by atoms with van der Waals surface area (Å²) in [5.41, 5.74) is 2.81. The van der Waals surface area contributed by atoms with Crippen molar-refractivity contribution >= 4 is 18.3 Å². The Hall–Kier alpha value is -0.995. The minimum Gasteiger partial charge on any atom is -0.399 e. The van der Waals surface area contributed by atoms with Gasteiger partial charge in [0.2, 0.25) is 0 Å². The largest absolute Gasteiger partial charge is 0.495 e. The molecule has 0 atom stereocenters. The van der Waals surface area contributed by atoms with Crippen LogP contribution in [-0.4, -0.2) is 25.4 Å². The van der Waals surface area contributed by atoms with Gasteiger partial charge in [0.25, 0.3) is 0 Å². The first-order valence-corrected chi connectivity index (χ1v) is 7.41. The smallest absolute Gasteiger partial charge is 0.399 e. The van der Waals surface area contributed by atoms with E-state index >= 15 is 0 Å². The van der Waals surface area contributed by atoms with Gasteiger partial charge in [0.15, 0.2) is 0 Å². The summed E-state index contributed by atoms with van der Waals surface area (Å²) in [4.78, 5) is 0. The third-order valence-electron chi connectivity index (χ3n) is 4.15. The molecule has 1 aliphatic heterocycles. The summed E-state index contributed by atoms with van der Waals surface area (Å²) < 4.78 is 12.2. The predicted molar refractivity (Wildman–Crippen MR) is 87.8 cm³/mol. The summed E-state index contributed by atoms with van der Waals surface area (Å²) in [5, 5.41) is 3.19. The zero-order chi connectivity index (χ0) is 15.6. The minimum absolute atomic E-state index is 0.289. The fourth-order valence-corrected chi connectivity index (χ4v) is 2.15. The molecule has 1 aromatic carbocycles. The van der Waals surface area contributed by atoms with Crippen LogP contribution >= 0.6 is 0 Å². The second-order valence-electron chi connectivity index (χ2n) is 5.86. The van der Waals surface area contributed by atoms with E-state index < -0.39 is 0 Å². The molecular formula is C16H28BNO2. The summed E-state index contributed by atoms with van der Waals surface area (Å²) >= 11 is 0. The van der Waals surface area contributed by atoms with Gasteiger partial charge in [0, 0.05) is 12.7 Å². The molecule has 4 heteroatoms. The number of hydrogen-bond acceptors (Lipinski definition) is 3. The molecule has 1 N–H and O–H groups in total.